The van der Waals surface area contributed by atoms with E-state index in [1.807, 2.05) is 37.6 Å². The number of rotatable bonds is 8. The summed E-state index contributed by atoms with van der Waals surface area (Å²) in [6.07, 6.45) is 4.96. The van der Waals surface area contributed by atoms with Gasteiger partial charge in [-0.25, -0.2) is 13.1 Å². The average Bonchev–Trinajstić information content (AvgIpc) is 2.93. The Kier molecular flexibility index (Phi) is 6.18. The van der Waals surface area contributed by atoms with E-state index in [2.05, 4.69) is 16.7 Å². The molecule has 1 unspecified atom stereocenters. The quantitative estimate of drug-likeness (QED) is 0.792. The second-order valence-corrected chi connectivity index (χ2v) is 7.81. The SMILES string of the molecule is CCCCc1ccc(S(=O)(=O)NC(C)c2cnn(CC)c2C)cc1. The first-order valence-corrected chi connectivity index (χ1v) is 10.0. The van der Waals surface area contributed by atoms with Crippen LogP contribution in [0.3, 0.4) is 0 Å². The lowest BCUT2D eigenvalue weighted by molar-refractivity contribution is 0.565. The lowest BCUT2D eigenvalue weighted by Gasteiger charge is -2.14. The van der Waals surface area contributed by atoms with Crippen LogP contribution in [0.15, 0.2) is 35.4 Å². The van der Waals surface area contributed by atoms with Gasteiger partial charge in [-0.3, -0.25) is 4.68 Å². The van der Waals surface area contributed by atoms with Crippen molar-refractivity contribution >= 4 is 10.0 Å². The zero-order valence-electron chi connectivity index (χ0n) is 14.9. The Morgan fingerprint density at radius 2 is 1.88 bits per heavy atom. The topological polar surface area (TPSA) is 64.0 Å². The standard InChI is InChI=1S/C18H27N3O2S/c1-5-7-8-16-9-11-17(12-10-16)24(22,23)20-14(3)18-13-19-21(6-2)15(18)4/h9-14,20H,5-8H2,1-4H3. The molecule has 0 saturated heterocycles. The molecule has 1 heterocycles. The van der Waals surface area contributed by atoms with Gasteiger partial charge in [-0.1, -0.05) is 25.5 Å². The summed E-state index contributed by atoms with van der Waals surface area (Å²) >= 11 is 0. The summed E-state index contributed by atoms with van der Waals surface area (Å²) in [6, 6.07) is 6.84. The summed E-state index contributed by atoms with van der Waals surface area (Å²) in [5, 5.41) is 4.28. The minimum Gasteiger partial charge on any atom is -0.270 e. The molecule has 6 heteroatoms. The van der Waals surface area contributed by atoms with Crippen molar-refractivity contribution in [1.29, 1.82) is 0 Å². The molecule has 1 atom stereocenters. The van der Waals surface area contributed by atoms with Crippen molar-refractivity contribution in [2.75, 3.05) is 0 Å². The number of aryl methyl sites for hydroxylation is 2. The minimum atomic E-state index is -3.55. The zero-order chi connectivity index (χ0) is 17.7. The maximum atomic E-state index is 12.6. The molecule has 0 radical (unpaired) electrons. The maximum Gasteiger partial charge on any atom is 0.241 e. The Morgan fingerprint density at radius 3 is 2.42 bits per heavy atom. The van der Waals surface area contributed by atoms with Crippen molar-refractivity contribution in [3.8, 4) is 0 Å². The second-order valence-electron chi connectivity index (χ2n) is 6.09. The summed E-state index contributed by atoms with van der Waals surface area (Å²) in [7, 11) is -3.55. The van der Waals surface area contributed by atoms with Gasteiger partial charge in [-0.15, -0.1) is 0 Å². The van der Waals surface area contributed by atoms with E-state index in [9.17, 15) is 8.42 Å². The number of hydrogen-bond donors (Lipinski definition) is 1. The Bertz CT molecular complexity index is 764. The second kappa shape index (κ2) is 7.94. The van der Waals surface area contributed by atoms with Crippen LogP contribution in [0, 0.1) is 6.92 Å². The molecule has 0 spiro atoms. The van der Waals surface area contributed by atoms with Crippen LogP contribution in [0.2, 0.25) is 0 Å². The first-order chi connectivity index (χ1) is 11.4. The average molecular weight is 350 g/mol. The lowest BCUT2D eigenvalue weighted by atomic mass is 10.1. The van der Waals surface area contributed by atoms with Crippen LogP contribution in [-0.4, -0.2) is 18.2 Å². The highest BCUT2D eigenvalue weighted by molar-refractivity contribution is 7.89. The van der Waals surface area contributed by atoms with Crippen LogP contribution in [0.4, 0.5) is 0 Å². The van der Waals surface area contributed by atoms with Crippen molar-refractivity contribution in [3.63, 3.8) is 0 Å². The van der Waals surface area contributed by atoms with Gasteiger partial charge in [-0.05, 0) is 51.3 Å². The summed E-state index contributed by atoms with van der Waals surface area (Å²) in [4.78, 5) is 0.301. The molecule has 0 saturated carbocycles. The van der Waals surface area contributed by atoms with Crippen molar-refractivity contribution in [2.45, 2.75) is 64.4 Å². The van der Waals surface area contributed by atoms with Crippen LogP contribution in [0.25, 0.3) is 0 Å². The molecule has 0 aliphatic carbocycles. The van der Waals surface area contributed by atoms with Gasteiger partial charge >= 0.3 is 0 Å². The third-order valence-electron chi connectivity index (χ3n) is 4.29. The third-order valence-corrected chi connectivity index (χ3v) is 5.85. The fourth-order valence-electron chi connectivity index (χ4n) is 2.79. The third kappa shape index (κ3) is 4.24. The molecule has 132 valence electrons. The highest BCUT2D eigenvalue weighted by atomic mass is 32.2. The molecule has 0 aliphatic rings. The van der Waals surface area contributed by atoms with Gasteiger partial charge in [-0.2, -0.15) is 5.10 Å². The number of aromatic nitrogens is 2. The summed E-state index contributed by atoms with van der Waals surface area (Å²) in [5.41, 5.74) is 3.06. The molecule has 0 aliphatic heterocycles. The van der Waals surface area contributed by atoms with Gasteiger partial charge in [0.1, 0.15) is 0 Å². The lowest BCUT2D eigenvalue weighted by Crippen LogP contribution is -2.27. The highest BCUT2D eigenvalue weighted by Gasteiger charge is 2.21. The molecule has 0 bridgehead atoms. The van der Waals surface area contributed by atoms with E-state index in [1.54, 1.807) is 18.3 Å². The van der Waals surface area contributed by atoms with Crippen molar-refractivity contribution in [1.82, 2.24) is 14.5 Å². The molecule has 0 fully saturated rings. The van der Waals surface area contributed by atoms with E-state index in [0.29, 0.717) is 4.90 Å². The Hall–Kier alpha value is -1.66. The van der Waals surface area contributed by atoms with Crippen LogP contribution in [-0.2, 0) is 23.0 Å². The normalized spacial score (nSPS) is 13.2. The number of nitrogens with zero attached hydrogens (tertiary/aromatic N) is 2. The predicted octanol–water partition coefficient (Wildman–Crippen LogP) is 3.59. The molecular weight excluding hydrogens is 322 g/mol. The van der Waals surface area contributed by atoms with Crippen molar-refractivity contribution in [2.24, 2.45) is 0 Å². The molecule has 1 N–H and O–H groups in total. The monoisotopic (exact) mass is 349 g/mol. The van der Waals surface area contributed by atoms with Crippen molar-refractivity contribution < 1.29 is 8.42 Å². The van der Waals surface area contributed by atoms with Crippen LogP contribution in [0.1, 0.15) is 56.5 Å². The van der Waals surface area contributed by atoms with E-state index < -0.39 is 10.0 Å². The Balaban J connectivity index is 2.13. The predicted molar refractivity (Wildman–Crippen MR) is 96.4 cm³/mol. The maximum absolute atomic E-state index is 12.6. The molecule has 2 aromatic rings. The number of benzene rings is 1. The molecule has 0 amide bonds. The molecule has 2 rings (SSSR count). The fraction of sp³-hybridized carbons (Fsp3) is 0.500. The minimum absolute atomic E-state index is 0.301. The first kappa shape index (κ1) is 18.7. The van der Waals surface area contributed by atoms with Gasteiger partial charge in [0.15, 0.2) is 0 Å². The number of hydrogen-bond acceptors (Lipinski definition) is 3. The summed E-state index contributed by atoms with van der Waals surface area (Å²) in [5.74, 6) is 0. The number of nitrogens with one attached hydrogen (secondary N) is 1. The van der Waals surface area contributed by atoms with Gasteiger partial charge in [0, 0.05) is 23.8 Å². The number of sulfonamides is 1. The number of unbranched alkanes of at least 4 members (excludes halogenated alkanes) is 1. The Morgan fingerprint density at radius 1 is 1.21 bits per heavy atom. The van der Waals surface area contributed by atoms with Crippen molar-refractivity contribution in [3.05, 3.63) is 47.3 Å². The summed E-state index contributed by atoms with van der Waals surface area (Å²) < 4.78 is 29.8. The molecule has 5 nitrogen and oxygen atoms in total. The Labute approximate surface area is 145 Å². The summed E-state index contributed by atoms with van der Waals surface area (Å²) in [6.45, 7) is 8.73. The van der Waals surface area contributed by atoms with Crippen LogP contribution in [0.5, 0.6) is 0 Å². The fourth-order valence-corrected chi connectivity index (χ4v) is 4.01. The first-order valence-electron chi connectivity index (χ1n) is 8.52. The van der Waals surface area contributed by atoms with E-state index in [0.717, 1.165) is 37.1 Å². The smallest absolute Gasteiger partial charge is 0.241 e. The van der Waals surface area contributed by atoms with Gasteiger partial charge in [0.2, 0.25) is 10.0 Å². The van der Waals surface area contributed by atoms with E-state index in [1.165, 1.54) is 5.56 Å². The highest BCUT2D eigenvalue weighted by Crippen LogP contribution is 2.20. The van der Waals surface area contributed by atoms with E-state index in [-0.39, 0.29) is 6.04 Å². The zero-order valence-corrected chi connectivity index (χ0v) is 15.7. The van der Waals surface area contributed by atoms with E-state index >= 15 is 0 Å². The van der Waals surface area contributed by atoms with Gasteiger partial charge < -0.3 is 0 Å². The molecule has 24 heavy (non-hydrogen) atoms. The molecule has 1 aromatic carbocycles. The molecule has 1 aromatic heterocycles. The molecular formula is C18H27N3O2S. The van der Waals surface area contributed by atoms with Gasteiger partial charge in [0.25, 0.3) is 0 Å². The largest absolute Gasteiger partial charge is 0.270 e. The van der Waals surface area contributed by atoms with Gasteiger partial charge in [0.05, 0.1) is 11.1 Å². The van der Waals surface area contributed by atoms with Crippen LogP contribution < -0.4 is 4.72 Å². The van der Waals surface area contributed by atoms with Crippen LogP contribution >= 0.6 is 0 Å². The van der Waals surface area contributed by atoms with E-state index in [4.69, 9.17) is 0 Å².